The zero-order chi connectivity index (χ0) is 23.7. The standard InChI is InChI=1S/C20H8F7NO4/c21-8-5-9(22)13(24)14(12(8)23)28-18-17(25)19(26,31)10-11(20(18,27)32)16(30)7-4-2-1-3-6(7)15(10)29/h1-5,28,31-32H. The van der Waals surface area contributed by atoms with Gasteiger partial charge in [0.25, 0.3) is 11.7 Å². The molecule has 0 spiro atoms. The molecule has 0 heterocycles. The van der Waals surface area contributed by atoms with E-state index in [0.29, 0.717) is 0 Å². The first-order valence-corrected chi connectivity index (χ1v) is 8.58. The summed E-state index contributed by atoms with van der Waals surface area (Å²) < 4.78 is 100.0. The second-order valence-electron chi connectivity index (χ2n) is 6.86. The molecule has 4 rings (SSSR count). The van der Waals surface area contributed by atoms with E-state index in [1.165, 1.54) is 12.1 Å². The van der Waals surface area contributed by atoms with Gasteiger partial charge in [-0.15, -0.1) is 0 Å². The predicted molar refractivity (Wildman–Crippen MR) is 92.3 cm³/mol. The molecule has 32 heavy (non-hydrogen) atoms. The maximum absolute atomic E-state index is 15.4. The lowest BCUT2D eigenvalue weighted by molar-refractivity contribution is -0.0711. The zero-order valence-electron chi connectivity index (χ0n) is 15.2. The van der Waals surface area contributed by atoms with E-state index in [9.17, 15) is 41.8 Å². The average molecular weight is 459 g/mol. The maximum Gasteiger partial charge on any atom is 0.292 e. The van der Waals surface area contributed by atoms with Crippen molar-refractivity contribution in [3.05, 3.63) is 87.4 Å². The number of benzene rings is 2. The largest absolute Gasteiger partial charge is 0.353 e. The van der Waals surface area contributed by atoms with Crippen LogP contribution in [0.2, 0.25) is 0 Å². The van der Waals surface area contributed by atoms with E-state index in [0.717, 1.165) is 17.4 Å². The van der Waals surface area contributed by atoms with E-state index >= 15 is 8.78 Å². The van der Waals surface area contributed by atoms with Gasteiger partial charge in [0.15, 0.2) is 40.7 Å². The van der Waals surface area contributed by atoms with Crippen molar-refractivity contribution in [2.24, 2.45) is 0 Å². The summed E-state index contributed by atoms with van der Waals surface area (Å²) in [4.78, 5) is 25.3. The second-order valence-corrected chi connectivity index (χ2v) is 6.86. The number of halogens is 7. The van der Waals surface area contributed by atoms with Gasteiger partial charge in [0.1, 0.15) is 11.4 Å². The molecule has 2 aliphatic rings. The smallest absolute Gasteiger partial charge is 0.292 e. The van der Waals surface area contributed by atoms with E-state index in [1.54, 1.807) is 0 Å². The molecule has 2 aromatic rings. The summed E-state index contributed by atoms with van der Waals surface area (Å²) >= 11 is 0. The van der Waals surface area contributed by atoms with Crippen molar-refractivity contribution in [2.45, 2.75) is 11.7 Å². The minimum Gasteiger partial charge on any atom is -0.353 e. The van der Waals surface area contributed by atoms with Crippen molar-refractivity contribution in [1.29, 1.82) is 0 Å². The lowest BCUT2D eigenvalue weighted by Crippen LogP contribution is -2.50. The molecule has 12 heteroatoms. The van der Waals surface area contributed by atoms with Gasteiger partial charge in [0.2, 0.25) is 0 Å². The number of hydrogen-bond acceptors (Lipinski definition) is 5. The van der Waals surface area contributed by atoms with Crippen LogP contribution >= 0.6 is 0 Å². The average Bonchev–Trinajstić information content (AvgIpc) is 2.73. The van der Waals surface area contributed by atoms with E-state index in [4.69, 9.17) is 0 Å². The Labute approximate surface area is 173 Å². The summed E-state index contributed by atoms with van der Waals surface area (Å²) in [5.74, 6) is -23.4. The van der Waals surface area contributed by atoms with Crippen LogP contribution in [-0.4, -0.2) is 33.5 Å². The van der Waals surface area contributed by atoms with Crippen LogP contribution in [0.1, 0.15) is 20.7 Å². The minimum absolute atomic E-state index is 0.241. The molecule has 2 atom stereocenters. The highest BCUT2D eigenvalue weighted by Gasteiger charge is 2.61. The van der Waals surface area contributed by atoms with Gasteiger partial charge >= 0.3 is 0 Å². The number of ketones is 2. The van der Waals surface area contributed by atoms with Gasteiger partial charge in [-0.1, -0.05) is 24.3 Å². The molecule has 2 aliphatic carbocycles. The van der Waals surface area contributed by atoms with Crippen molar-refractivity contribution < 1.29 is 50.5 Å². The number of fused-ring (bicyclic) bond motifs is 1. The molecule has 0 aromatic heterocycles. The highest BCUT2D eigenvalue weighted by atomic mass is 19.2. The fourth-order valence-corrected chi connectivity index (χ4v) is 3.50. The highest BCUT2D eigenvalue weighted by Crippen LogP contribution is 2.50. The summed E-state index contributed by atoms with van der Waals surface area (Å²) in [6, 6.07) is 4.17. The molecule has 0 aliphatic heterocycles. The van der Waals surface area contributed by atoms with Crippen molar-refractivity contribution in [3.63, 3.8) is 0 Å². The molecule has 0 bridgehead atoms. The van der Waals surface area contributed by atoms with Gasteiger partial charge in [-0.2, -0.15) is 8.78 Å². The van der Waals surface area contributed by atoms with E-state index in [1.807, 2.05) is 0 Å². The number of Topliss-reactive ketones (excluding diaryl/α,β-unsaturated/α-hetero) is 2. The van der Waals surface area contributed by atoms with Gasteiger partial charge in [-0.05, 0) is 0 Å². The van der Waals surface area contributed by atoms with Crippen LogP contribution in [0.3, 0.4) is 0 Å². The first-order chi connectivity index (χ1) is 14.8. The number of hydrogen-bond donors (Lipinski definition) is 3. The molecule has 166 valence electrons. The molecule has 5 nitrogen and oxygen atoms in total. The van der Waals surface area contributed by atoms with E-state index in [-0.39, 0.29) is 6.07 Å². The Balaban J connectivity index is 1.96. The van der Waals surface area contributed by atoms with Crippen LogP contribution in [0.4, 0.5) is 36.4 Å². The highest BCUT2D eigenvalue weighted by molar-refractivity contribution is 6.28. The quantitative estimate of drug-likeness (QED) is 0.473. The Morgan fingerprint density at radius 1 is 0.750 bits per heavy atom. The fourth-order valence-electron chi connectivity index (χ4n) is 3.50. The monoisotopic (exact) mass is 459 g/mol. The molecule has 2 aromatic carbocycles. The maximum atomic E-state index is 15.4. The third-order valence-electron chi connectivity index (χ3n) is 4.99. The summed E-state index contributed by atoms with van der Waals surface area (Å²) in [7, 11) is 0. The van der Waals surface area contributed by atoms with Crippen LogP contribution < -0.4 is 5.32 Å². The van der Waals surface area contributed by atoms with Gasteiger partial charge in [0, 0.05) is 17.2 Å². The molecule has 0 radical (unpaired) electrons. The first kappa shape index (κ1) is 21.7. The van der Waals surface area contributed by atoms with E-state index < -0.39 is 86.0 Å². The molecule has 3 N–H and O–H groups in total. The van der Waals surface area contributed by atoms with Gasteiger partial charge in [0.05, 0.1) is 11.1 Å². The SMILES string of the molecule is O=C1C2=C(C(=O)c3ccccc31)C(O)(F)C(Nc1c(F)c(F)cc(F)c1F)=C(F)C2(O)F. The van der Waals surface area contributed by atoms with Gasteiger partial charge in [-0.25, -0.2) is 22.0 Å². The van der Waals surface area contributed by atoms with Gasteiger partial charge < -0.3 is 15.5 Å². The third-order valence-corrected chi connectivity index (χ3v) is 4.99. The second kappa shape index (κ2) is 6.74. The summed E-state index contributed by atoms with van der Waals surface area (Å²) in [5, 5.41) is 21.4. The Bertz CT molecular complexity index is 1270. The number of alkyl halides is 2. The topological polar surface area (TPSA) is 86.6 Å². The van der Waals surface area contributed by atoms with Crippen LogP contribution in [0.25, 0.3) is 0 Å². The molecule has 0 amide bonds. The molecular formula is C20H8F7NO4. The molecule has 0 saturated heterocycles. The number of aliphatic hydroxyl groups is 2. The predicted octanol–water partition coefficient (Wildman–Crippen LogP) is 3.54. The minimum atomic E-state index is -4.56. The van der Waals surface area contributed by atoms with Crippen LogP contribution in [0, 0.1) is 23.3 Å². The Morgan fingerprint density at radius 3 is 1.66 bits per heavy atom. The Kier molecular flexibility index (Phi) is 4.57. The number of anilines is 1. The van der Waals surface area contributed by atoms with Crippen molar-refractivity contribution in [2.75, 3.05) is 5.32 Å². The van der Waals surface area contributed by atoms with Crippen molar-refractivity contribution in [1.82, 2.24) is 0 Å². The Morgan fingerprint density at radius 2 is 1.19 bits per heavy atom. The number of nitrogens with one attached hydrogen (secondary N) is 1. The number of carbonyl (C=O) groups is 2. The molecular weight excluding hydrogens is 451 g/mol. The summed E-state index contributed by atoms with van der Waals surface area (Å²) in [5.41, 5.74) is -8.80. The molecule has 2 unspecified atom stereocenters. The molecule has 0 saturated carbocycles. The van der Waals surface area contributed by atoms with Crippen molar-refractivity contribution in [3.8, 4) is 0 Å². The van der Waals surface area contributed by atoms with Crippen LogP contribution in [0.15, 0.2) is 53.0 Å². The first-order valence-electron chi connectivity index (χ1n) is 8.58. The number of carbonyl (C=O) groups excluding carboxylic acids is 2. The number of rotatable bonds is 2. The Hall–Kier alpha value is -3.51. The van der Waals surface area contributed by atoms with Crippen molar-refractivity contribution >= 4 is 17.3 Å². The lowest BCUT2D eigenvalue weighted by Gasteiger charge is -2.38. The molecule has 0 fully saturated rings. The third kappa shape index (κ3) is 2.72. The zero-order valence-corrected chi connectivity index (χ0v) is 15.2. The lowest BCUT2D eigenvalue weighted by atomic mass is 9.74. The summed E-state index contributed by atoms with van der Waals surface area (Å²) in [6.45, 7) is 0. The summed E-state index contributed by atoms with van der Waals surface area (Å²) in [6.07, 6.45) is 0. The fraction of sp³-hybridized carbons (Fsp3) is 0.100. The van der Waals surface area contributed by atoms with E-state index in [2.05, 4.69) is 0 Å². The normalized spacial score (nSPS) is 25.2. The van der Waals surface area contributed by atoms with Crippen LogP contribution in [-0.2, 0) is 0 Å². The van der Waals surface area contributed by atoms with Gasteiger partial charge in [-0.3, -0.25) is 9.59 Å². The van der Waals surface area contributed by atoms with Crippen LogP contribution in [0.5, 0.6) is 0 Å².